The Labute approximate surface area is 216 Å². The SMILES string of the molecule is CC1=C/C(=C/CC(C)/C=C/C=C(C)/C=C/C2=C(C)CCCC2(C)C)[c+]2c(C)ccc(C(C)C)cc21. The van der Waals surface area contributed by atoms with Crippen LogP contribution in [0.2, 0.25) is 0 Å². The summed E-state index contributed by atoms with van der Waals surface area (Å²) in [4.78, 5) is 0. The average molecular weight is 468 g/mol. The van der Waals surface area contributed by atoms with Gasteiger partial charge in [-0.05, 0) is 100.0 Å². The van der Waals surface area contributed by atoms with E-state index in [0.29, 0.717) is 17.3 Å². The van der Waals surface area contributed by atoms with Crippen molar-refractivity contribution in [3.05, 3.63) is 99.7 Å². The fourth-order valence-electron chi connectivity index (χ4n) is 5.47. The standard InChI is InChI=1S/C35H47/c1-24(2)30-19-17-28(6)34-31(22-29(7)32(34)23-30)18-15-25(3)12-10-13-26(4)16-20-33-27(5)14-11-21-35(33,8)9/h10,12-13,16-20,22-25H,11,14-15,21H2,1-9H3/q+1/b12-10+,20-16+,26-13+,31-18-. The zero-order valence-corrected chi connectivity index (χ0v) is 23.8. The van der Waals surface area contributed by atoms with Crippen LogP contribution in [-0.4, -0.2) is 0 Å². The Morgan fingerprint density at radius 3 is 2.54 bits per heavy atom. The predicted octanol–water partition coefficient (Wildman–Crippen LogP) is 10.8. The Kier molecular flexibility index (Phi) is 8.92. The largest absolute Gasteiger partial charge is 0.0808 e. The number of fused-ring (bicyclic) bond motifs is 1. The van der Waals surface area contributed by atoms with E-state index in [-0.39, 0.29) is 0 Å². The molecule has 35 heavy (non-hydrogen) atoms. The molecule has 0 heteroatoms. The van der Waals surface area contributed by atoms with Crippen LogP contribution in [0.4, 0.5) is 0 Å². The summed E-state index contributed by atoms with van der Waals surface area (Å²) in [5, 5.41) is 0. The Hall–Kier alpha value is -2.47. The maximum atomic E-state index is 2.43. The molecule has 0 spiro atoms. The second-order valence-corrected chi connectivity index (χ2v) is 11.9. The molecule has 0 radical (unpaired) electrons. The lowest BCUT2D eigenvalue weighted by Crippen LogP contribution is -2.19. The molecule has 1 aromatic carbocycles. The lowest BCUT2D eigenvalue weighted by molar-refractivity contribution is 0.377. The van der Waals surface area contributed by atoms with Gasteiger partial charge in [-0.1, -0.05) is 76.1 Å². The van der Waals surface area contributed by atoms with Crippen molar-refractivity contribution in [1.82, 2.24) is 0 Å². The van der Waals surface area contributed by atoms with E-state index in [9.17, 15) is 0 Å². The van der Waals surface area contributed by atoms with Gasteiger partial charge in [0, 0.05) is 23.3 Å². The zero-order valence-electron chi connectivity index (χ0n) is 23.8. The van der Waals surface area contributed by atoms with Crippen LogP contribution in [0, 0.1) is 18.3 Å². The molecule has 0 nitrogen and oxygen atoms in total. The third-order valence-corrected chi connectivity index (χ3v) is 7.82. The highest BCUT2D eigenvalue weighted by Crippen LogP contribution is 2.41. The minimum atomic E-state index is 0.300. The van der Waals surface area contributed by atoms with Gasteiger partial charge in [0.15, 0.2) is 0 Å². The lowest BCUT2D eigenvalue weighted by Gasteiger charge is -2.32. The van der Waals surface area contributed by atoms with Gasteiger partial charge < -0.3 is 0 Å². The summed E-state index contributed by atoms with van der Waals surface area (Å²) in [6.07, 6.45) is 21.2. The lowest BCUT2D eigenvalue weighted by atomic mass is 9.72. The summed E-state index contributed by atoms with van der Waals surface area (Å²) in [5.74, 6) is 1.04. The zero-order chi connectivity index (χ0) is 25.8. The molecule has 0 amide bonds. The van der Waals surface area contributed by atoms with E-state index in [0.717, 1.165) is 6.42 Å². The molecule has 186 valence electrons. The molecule has 0 fully saturated rings. The molecule has 1 aromatic rings. The maximum absolute atomic E-state index is 2.43. The van der Waals surface area contributed by atoms with Crippen LogP contribution in [0.5, 0.6) is 0 Å². The van der Waals surface area contributed by atoms with Gasteiger partial charge in [-0.3, -0.25) is 0 Å². The summed E-state index contributed by atoms with van der Waals surface area (Å²) in [6, 6.07) is 6.99. The molecule has 0 aromatic heterocycles. The van der Waals surface area contributed by atoms with Crippen LogP contribution >= 0.6 is 0 Å². The van der Waals surface area contributed by atoms with Gasteiger partial charge in [0.1, 0.15) is 0 Å². The van der Waals surface area contributed by atoms with Crippen molar-refractivity contribution >= 4 is 11.1 Å². The van der Waals surface area contributed by atoms with E-state index in [1.807, 2.05) is 0 Å². The van der Waals surface area contributed by atoms with Gasteiger partial charge in [-0.15, -0.1) is 0 Å². The molecule has 0 aliphatic heterocycles. The molecule has 2 aliphatic rings. The number of hydrogen-bond acceptors (Lipinski definition) is 0. The topological polar surface area (TPSA) is 0 Å². The van der Waals surface area contributed by atoms with Crippen molar-refractivity contribution < 1.29 is 0 Å². The van der Waals surface area contributed by atoms with Crippen LogP contribution in [-0.2, 0) is 0 Å². The molecule has 0 bridgehead atoms. The minimum absolute atomic E-state index is 0.300. The van der Waals surface area contributed by atoms with Gasteiger partial charge >= 0.3 is 0 Å². The molecular formula is C35H47+. The van der Waals surface area contributed by atoms with E-state index in [1.165, 1.54) is 63.8 Å². The molecule has 0 saturated heterocycles. The van der Waals surface area contributed by atoms with E-state index in [4.69, 9.17) is 0 Å². The van der Waals surface area contributed by atoms with Crippen molar-refractivity contribution in [2.75, 3.05) is 0 Å². The van der Waals surface area contributed by atoms with Gasteiger partial charge in [0.05, 0.1) is 16.7 Å². The van der Waals surface area contributed by atoms with Crippen LogP contribution in [0.25, 0.3) is 11.1 Å². The average Bonchev–Trinajstić information content (AvgIpc) is 2.96. The van der Waals surface area contributed by atoms with Gasteiger partial charge in [0.2, 0.25) is 0 Å². The molecular weight excluding hydrogens is 420 g/mol. The van der Waals surface area contributed by atoms with Crippen LogP contribution < -0.4 is 0 Å². The highest BCUT2D eigenvalue weighted by atomic mass is 14.3. The summed E-state index contributed by atoms with van der Waals surface area (Å²) < 4.78 is 0. The Bertz CT molecular complexity index is 1130. The van der Waals surface area contributed by atoms with Gasteiger partial charge in [-0.25, -0.2) is 0 Å². The second-order valence-electron chi connectivity index (χ2n) is 11.9. The molecule has 1 unspecified atom stereocenters. The first-order valence-electron chi connectivity index (χ1n) is 13.6. The fraction of sp³-hybridized carbons (Fsp3) is 0.457. The number of allylic oxidation sites excluding steroid dienone is 12. The summed E-state index contributed by atoms with van der Waals surface area (Å²) >= 11 is 0. The Balaban J connectivity index is 1.69. The van der Waals surface area contributed by atoms with E-state index in [1.54, 1.807) is 5.57 Å². The summed E-state index contributed by atoms with van der Waals surface area (Å²) in [5.41, 5.74) is 13.1. The quantitative estimate of drug-likeness (QED) is 0.276. The molecule has 0 N–H and O–H groups in total. The number of hydrogen-bond donors (Lipinski definition) is 0. The third kappa shape index (κ3) is 6.81. The van der Waals surface area contributed by atoms with E-state index >= 15 is 0 Å². The molecule has 1 atom stereocenters. The summed E-state index contributed by atoms with van der Waals surface area (Å²) in [7, 11) is 0. The van der Waals surface area contributed by atoms with E-state index in [2.05, 4.69) is 123 Å². The van der Waals surface area contributed by atoms with Gasteiger partial charge in [-0.2, -0.15) is 0 Å². The van der Waals surface area contributed by atoms with Crippen LogP contribution in [0.3, 0.4) is 0 Å². The first kappa shape index (κ1) is 27.1. The molecule has 0 heterocycles. The van der Waals surface area contributed by atoms with Crippen LogP contribution in [0.1, 0.15) is 109 Å². The van der Waals surface area contributed by atoms with Crippen LogP contribution in [0.15, 0.2) is 77.5 Å². The number of aryl methyl sites for hydroxylation is 1. The third-order valence-electron chi connectivity index (χ3n) is 7.82. The molecule has 2 aliphatic carbocycles. The van der Waals surface area contributed by atoms with Crippen molar-refractivity contribution in [3.8, 4) is 0 Å². The predicted molar refractivity (Wildman–Crippen MR) is 157 cm³/mol. The molecule has 3 rings (SSSR count). The summed E-state index contributed by atoms with van der Waals surface area (Å²) in [6.45, 7) is 20.6. The Morgan fingerprint density at radius 2 is 1.86 bits per heavy atom. The first-order valence-corrected chi connectivity index (χ1v) is 13.6. The van der Waals surface area contributed by atoms with Crippen molar-refractivity contribution in [1.29, 1.82) is 0 Å². The highest BCUT2D eigenvalue weighted by molar-refractivity contribution is 5.96. The van der Waals surface area contributed by atoms with Gasteiger partial charge in [0.25, 0.3) is 0 Å². The minimum Gasteiger partial charge on any atom is -0.0808 e. The maximum Gasteiger partial charge on any atom is 0.0742 e. The highest BCUT2D eigenvalue weighted by Gasteiger charge is 2.26. The smallest absolute Gasteiger partial charge is 0.0742 e. The normalized spacial score (nSPS) is 20.3. The first-order chi connectivity index (χ1) is 16.5. The fourth-order valence-corrected chi connectivity index (χ4v) is 5.47. The monoisotopic (exact) mass is 467 g/mol. The van der Waals surface area contributed by atoms with E-state index < -0.39 is 0 Å². The van der Waals surface area contributed by atoms with Crippen molar-refractivity contribution in [2.45, 2.75) is 93.9 Å². The van der Waals surface area contributed by atoms with Crippen molar-refractivity contribution in [2.24, 2.45) is 11.3 Å². The number of rotatable bonds is 7. The second kappa shape index (κ2) is 11.5. The van der Waals surface area contributed by atoms with Crippen molar-refractivity contribution in [3.63, 3.8) is 0 Å². The molecule has 0 saturated carbocycles. The Morgan fingerprint density at radius 1 is 1.11 bits per heavy atom.